The molecule has 3 heterocycles. The van der Waals surface area contributed by atoms with Crippen LogP contribution in [0.3, 0.4) is 0 Å². The number of hydrogen-bond donors (Lipinski definition) is 2. The van der Waals surface area contributed by atoms with E-state index >= 15 is 4.39 Å². The molecular weight excluding hydrogens is 524 g/mol. The minimum Gasteiger partial charge on any atom is -0.501 e. The number of alkyl halides is 1. The van der Waals surface area contributed by atoms with Crippen LogP contribution in [-0.4, -0.2) is 68.5 Å². The van der Waals surface area contributed by atoms with Gasteiger partial charge in [0.25, 0.3) is 11.5 Å². The van der Waals surface area contributed by atoms with Gasteiger partial charge in [0.05, 0.1) is 6.54 Å². The van der Waals surface area contributed by atoms with Crippen molar-refractivity contribution in [2.75, 3.05) is 20.6 Å². The van der Waals surface area contributed by atoms with Gasteiger partial charge in [-0.15, -0.1) is 0 Å². The van der Waals surface area contributed by atoms with E-state index in [1.54, 1.807) is 13.0 Å². The van der Waals surface area contributed by atoms with Gasteiger partial charge in [0, 0.05) is 27.2 Å². The average molecular weight is 560 g/mol. The first-order valence-electron chi connectivity index (χ1n) is 13.3. The van der Waals surface area contributed by atoms with Gasteiger partial charge in [-0.05, 0) is 55.7 Å². The lowest BCUT2D eigenvalue weighted by Crippen LogP contribution is -2.55. The fourth-order valence-electron chi connectivity index (χ4n) is 5.68. The third-order valence-electron chi connectivity index (χ3n) is 7.98. The summed E-state index contributed by atoms with van der Waals surface area (Å²) in [5, 5.41) is 13.2. The molecule has 10 nitrogen and oxygen atoms in total. The van der Waals surface area contributed by atoms with E-state index < -0.39 is 58.3 Å². The van der Waals surface area contributed by atoms with Crippen molar-refractivity contribution in [2.24, 2.45) is 5.92 Å². The van der Waals surface area contributed by atoms with Gasteiger partial charge in [-0.2, -0.15) is 0 Å². The fourth-order valence-corrected chi connectivity index (χ4v) is 5.68. The van der Waals surface area contributed by atoms with Gasteiger partial charge < -0.3 is 20.2 Å². The smallest absolute Gasteiger partial charge is 0.312 e. The summed E-state index contributed by atoms with van der Waals surface area (Å²) in [6, 6.07) is 4.31. The molecule has 3 amide bonds. The van der Waals surface area contributed by atoms with Gasteiger partial charge >= 0.3 is 11.8 Å². The number of aryl methyl sites for hydroxylation is 1. The number of fused-ring (bicyclic) bond motifs is 2. The predicted molar refractivity (Wildman–Crippen MR) is 142 cm³/mol. The van der Waals surface area contributed by atoms with Crippen molar-refractivity contribution in [1.82, 2.24) is 24.7 Å². The molecule has 0 atom stereocenters. The van der Waals surface area contributed by atoms with Crippen LogP contribution in [0.4, 0.5) is 8.78 Å². The summed E-state index contributed by atoms with van der Waals surface area (Å²) in [7, 11) is 2.94. The first kappa shape index (κ1) is 29.2. The molecule has 1 saturated carbocycles. The quantitative estimate of drug-likeness (QED) is 0.524. The lowest BCUT2D eigenvalue weighted by Gasteiger charge is -2.44. The third kappa shape index (κ3) is 5.18. The van der Waals surface area contributed by atoms with Crippen molar-refractivity contribution in [2.45, 2.75) is 70.8 Å². The van der Waals surface area contributed by atoms with Crippen LogP contribution in [0.15, 0.2) is 23.0 Å². The van der Waals surface area contributed by atoms with Gasteiger partial charge in [0.1, 0.15) is 22.8 Å². The van der Waals surface area contributed by atoms with E-state index in [1.165, 1.54) is 36.0 Å². The Bertz CT molecular complexity index is 1410. The molecule has 2 aromatic rings. The number of nitrogens with zero attached hydrogens (tertiary/aromatic N) is 4. The number of halogens is 2. The molecule has 12 heteroatoms. The Balaban J connectivity index is 1.73. The normalized spacial score (nSPS) is 21.5. The summed E-state index contributed by atoms with van der Waals surface area (Å²) in [5.41, 5.74) is -3.74. The second kappa shape index (κ2) is 10.6. The maximum atomic E-state index is 15.7. The highest BCUT2D eigenvalue weighted by Gasteiger charge is 2.55. The topological polar surface area (TPSA) is 125 Å². The van der Waals surface area contributed by atoms with Crippen molar-refractivity contribution < 1.29 is 28.3 Å². The molecule has 1 aromatic heterocycles. The van der Waals surface area contributed by atoms with Crippen LogP contribution >= 0.6 is 0 Å². The van der Waals surface area contributed by atoms with Crippen LogP contribution in [0.5, 0.6) is 5.75 Å². The SMILES string of the molecule is Cc1cc(CNC(=O)c2nc3n(c(=O)c2O)CC2(F)CCC3(N(C)C(=O)C(=O)N(C)CC(C)C)CC2)ccc1F. The molecule has 5 rings (SSSR count). The molecule has 0 radical (unpaired) electrons. The van der Waals surface area contributed by atoms with E-state index in [2.05, 4.69) is 10.3 Å². The summed E-state index contributed by atoms with van der Waals surface area (Å²) < 4.78 is 30.3. The molecule has 2 N–H and O–H groups in total. The summed E-state index contributed by atoms with van der Waals surface area (Å²) in [4.78, 5) is 59.7. The first-order chi connectivity index (χ1) is 18.7. The monoisotopic (exact) mass is 559 g/mol. The number of carbonyl (C=O) groups is 3. The molecule has 40 heavy (non-hydrogen) atoms. The Hall–Kier alpha value is -3.83. The summed E-state index contributed by atoms with van der Waals surface area (Å²) in [6.07, 6.45) is 0.130. The molecule has 2 bridgehead atoms. The molecule has 1 aliphatic carbocycles. The lowest BCUT2D eigenvalue weighted by molar-refractivity contribution is -0.156. The Labute approximate surface area is 231 Å². The fraction of sp³-hybridized carbons (Fsp3) is 0.536. The van der Waals surface area contributed by atoms with E-state index in [0.717, 1.165) is 4.57 Å². The summed E-state index contributed by atoms with van der Waals surface area (Å²) in [6.45, 7) is 5.31. The number of nitrogens with one attached hydrogen (secondary N) is 1. The van der Waals surface area contributed by atoms with Crippen molar-refractivity contribution in [3.05, 3.63) is 57.0 Å². The predicted octanol–water partition coefficient (Wildman–Crippen LogP) is 2.39. The number of carbonyl (C=O) groups excluding carboxylic acids is 3. The summed E-state index contributed by atoms with van der Waals surface area (Å²) in [5.74, 6) is -3.75. The number of rotatable bonds is 6. The van der Waals surface area contributed by atoms with Gasteiger partial charge in [-0.1, -0.05) is 26.0 Å². The Morgan fingerprint density at radius 2 is 1.80 bits per heavy atom. The first-order valence-corrected chi connectivity index (χ1v) is 13.3. The van der Waals surface area contributed by atoms with Crippen molar-refractivity contribution in [1.29, 1.82) is 0 Å². The maximum Gasteiger partial charge on any atom is 0.312 e. The molecule has 0 unspecified atom stereocenters. The molecule has 1 fully saturated rings. The van der Waals surface area contributed by atoms with Crippen LogP contribution in [0.25, 0.3) is 0 Å². The van der Waals surface area contributed by atoms with Crippen LogP contribution < -0.4 is 10.9 Å². The van der Waals surface area contributed by atoms with E-state index in [1.807, 2.05) is 13.8 Å². The Morgan fingerprint density at radius 3 is 2.40 bits per heavy atom. The second-order valence-electron chi connectivity index (χ2n) is 11.4. The highest BCUT2D eigenvalue weighted by molar-refractivity contribution is 6.34. The van der Waals surface area contributed by atoms with E-state index in [4.69, 9.17) is 0 Å². The van der Waals surface area contributed by atoms with Crippen molar-refractivity contribution in [3.8, 4) is 5.75 Å². The Kier molecular flexibility index (Phi) is 7.75. The van der Waals surface area contributed by atoms with Crippen LogP contribution in [0.2, 0.25) is 0 Å². The number of hydrogen-bond acceptors (Lipinski definition) is 6. The highest BCUT2D eigenvalue weighted by atomic mass is 19.1. The van der Waals surface area contributed by atoms with E-state index in [0.29, 0.717) is 17.7 Å². The molecule has 216 valence electrons. The summed E-state index contributed by atoms with van der Waals surface area (Å²) >= 11 is 0. The Morgan fingerprint density at radius 1 is 1.15 bits per heavy atom. The second-order valence-corrected chi connectivity index (χ2v) is 11.4. The molecule has 0 spiro atoms. The molecule has 1 aromatic carbocycles. The van der Waals surface area contributed by atoms with Crippen LogP contribution in [0.1, 0.15) is 67.0 Å². The molecule has 0 saturated heterocycles. The van der Waals surface area contributed by atoms with E-state index in [9.17, 15) is 28.7 Å². The number of aromatic hydroxyl groups is 1. The molecule has 3 aliphatic rings. The molecule has 2 aliphatic heterocycles. The molecular formula is C28H35F2N5O5. The standard InChI is InChI=1S/C28H35F2N5O5/c1-16(2)14-33(4)24(39)25(40)34(5)28-10-8-27(30,9-11-28)15-35-23(38)21(36)20(32-26(28)35)22(37)31-13-18-6-7-19(29)17(3)12-18/h6-7,12,16,36H,8-11,13-15H2,1-5H3,(H,31,37). The highest BCUT2D eigenvalue weighted by Crippen LogP contribution is 2.49. The largest absolute Gasteiger partial charge is 0.501 e. The zero-order valence-electron chi connectivity index (χ0n) is 23.4. The van der Waals surface area contributed by atoms with E-state index in [-0.39, 0.29) is 44.0 Å². The number of amides is 3. The number of likely N-dealkylation sites (N-methyl/N-ethyl adjacent to an activating group) is 2. The minimum atomic E-state index is -1.78. The van der Waals surface area contributed by atoms with Gasteiger partial charge in [-0.25, -0.2) is 13.8 Å². The lowest BCUT2D eigenvalue weighted by atomic mass is 9.75. The third-order valence-corrected chi connectivity index (χ3v) is 7.98. The maximum absolute atomic E-state index is 15.7. The zero-order valence-corrected chi connectivity index (χ0v) is 23.4. The number of aromatic nitrogens is 2. The van der Waals surface area contributed by atoms with Gasteiger partial charge in [-0.3, -0.25) is 23.7 Å². The number of benzene rings is 1. The van der Waals surface area contributed by atoms with Crippen LogP contribution in [-0.2, 0) is 28.2 Å². The zero-order chi connectivity index (χ0) is 29.6. The van der Waals surface area contributed by atoms with Crippen LogP contribution in [0, 0.1) is 18.7 Å². The average Bonchev–Trinajstić information content (AvgIpc) is 3.12. The van der Waals surface area contributed by atoms with Crippen molar-refractivity contribution >= 4 is 17.7 Å². The minimum absolute atomic E-state index is 0.00431. The van der Waals surface area contributed by atoms with Gasteiger partial charge in [0.2, 0.25) is 5.75 Å². The van der Waals surface area contributed by atoms with Gasteiger partial charge in [0.15, 0.2) is 5.69 Å². The van der Waals surface area contributed by atoms with Crippen molar-refractivity contribution in [3.63, 3.8) is 0 Å².